The van der Waals surface area contributed by atoms with Gasteiger partial charge in [-0.05, 0) is 85.9 Å². The summed E-state index contributed by atoms with van der Waals surface area (Å²) in [6, 6.07) is 11.8. The number of hydrogen-bond donors (Lipinski definition) is 2. The number of thiocarbonyl (C=S) groups is 1. The average molecular weight is 541 g/mol. The van der Waals surface area contributed by atoms with Crippen LogP contribution < -0.4 is 15.4 Å². The number of nitrogens with one attached hydrogen (secondary N) is 2. The highest BCUT2D eigenvalue weighted by Crippen LogP contribution is 2.24. The molecule has 1 amide bonds. The maximum absolute atomic E-state index is 12.8. The van der Waals surface area contributed by atoms with Crippen molar-refractivity contribution in [1.82, 2.24) is 9.62 Å². The van der Waals surface area contributed by atoms with Crippen LogP contribution in [0, 0.1) is 12.8 Å². The Bertz CT molecular complexity index is 1080. The molecule has 1 fully saturated rings. The van der Waals surface area contributed by atoms with E-state index in [9.17, 15) is 13.2 Å². The maximum atomic E-state index is 12.8. The largest absolute Gasteiger partial charge is 0.484 e. The number of nitrogens with zero attached hydrogens (tertiary/aromatic N) is 1. The van der Waals surface area contributed by atoms with E-state index in [4.69, 9.17) is 17.0 Å². The van der Waals surface area contributed by atoms with E-state index in [0.29, 0.717) is 30.4 Å². The van der Waals surface area contributed by atoms with Crippen LogP contribution in [0.2, 0.25) is 0 Å². The van der Waals surface area contributed by atoms with Gasteiger partial charge in [-0.25, -0.2) is 8.42 Å². The number of amides is 1. The maximum Gasteiger partial charge on any atom is 0.264 e. The van der Waals surface area contributed by atoms with Crippen molar-refractivity contribution in [2.45, 2.75) is 31.6 Å². The van der Waals surface area contributed by atoms with Crippen LogP contribution in [0.4, 0.5) is 5.69 Å². The predicted molar refractivity (Wildman–Crippen MR) is 132 cm³/mol. The van der Waals surface area contributed by atoms with E-state index < -0.39 is 15.9 Å². The summed E-state index contributed by atoms with van der Waals surface area (Å²) in [5, 5.41) is 5.53. The standard InChI is InChI=1S/C22H26BrN3O4S2/c1-15-9-11-26(12-10-15)32(28,29)19-6-3-17(4-7-19)24-22(31)25-21(27)14-30-18-5-8-20(23)16(2)13-18/h3-8,13,15H,9-12,14H2,1-2H3,(H2,24,25,27,31). The van der Waals surface area contributed by atoms with Crippen molar-refractivity contribution >= 4 is 54.9 Å². The van der Waals surface area contributed by atoms with Crippen LogP contribution >= 0.6 is 28.1 Å². The van der Waals surface area contributed by atoms with Crippen molar-refractivity contribution in [3.8, 4) is 5.75 Å². The summed E-state index contributed by atoms with van der Waals surface area (Å²) in [5.74, 6) is 0.731. The molecule has 1 heterocycles. The van der Waals surface area contributed by atoms with Crippen LogP contribution in [-0.2, 0) is 14.8 Å². The van der Waals surface area contributed by atoms with Crippen LogP contribution in [0.15, 0.2) is 51.8 Å². The van der Waals surface area contributed by atoms with E-state index in [0.717, 1.165) is 22.9 Å². The Morgan fingerprint density at radius 1 is 1.19 bits per heavy atom. The Morgan fingerprint density at radius 2 is 1.84 bits per heavy atom. The van der Waals surface area contributed by atoms with Gasteiger partial charge in [-0.1, -0.05) is 22.9 Å². The van der Waals surface area contributed by atoms with Crippen LogP contribution in [0.25, 0.3) is 0 Å². The quantitative estimate of drug-likeness (QED) is 0.538. The third-order valence-electron chi connectivity index (χ3n) is 5.24. The third-order valence-corrected chi connectivity index (χ3v) is 8.25. The average Bonchev–Trinajstić information content (AvgIpc) is 2.75. The Hall–Kier alpha value is -2.01. The molecule has 2 N–H and O–H groups in total. The molecule has 0 bridgehead atoms. The highest BCUT2D eigenvalue weighted by molar-refractivity contribution is 9.10. The fourth-order valence-electron chi connectivity index (χ4n) is 3.27. The molecule has 0 saturated carbocycles. The molecule has 7 nitrogen and oxygen atoms in total. The van der Waals surface area contributed by atoms with Crippen molar-refractivity contribution < 1.29 is 17.9 Å². The van der Waals surface area contributed by atoms with Gasteiger partial charge >= 0.3 is 0 Å². The molecule has 32 heavy (non-hydrogen) atoms. The second kappa shape index (κ2) is 10.7. The molecule has 172 valence electrons. The summed E-state index contributed by atoms with van der Waals surface area (Å²) >= 11 is 8.58. The van der Waals surface area contributed by atoms with Gasteiger partial charge in [-0.3, -0.25) is 10.1 Å². The first-order valence-corrected chi connectivity index (χ1v) is 12.9. The Kier molecular flexibility index (Phi) is 8.26. The molecular formula is C22H26BrN3O4S2. The van der Waals surface area contributed by atoms with Gasteiger partial charge in [0.15, 0.2) is 11.7 Å². The van der Waals surface area contributed by atoms with Gasteiger partial charge in [0.1, 0.15) is 5.75 Å². The number of hydrogen-bond acceptors (Lipinski definition) is 5. The number of carbonyl (C=O) groups excluding carboxylic acids is 1. The minimum atomic E-state index is -3.51. The second-order valence-corrected chi connectivity index (χ2v) is 11.0. The molecule has 0 spiro atoms. The smallest absolute Gasteiger partial charge is 0.264 e. The lowest BCUT2D eigenvalue weighted by Gasteiger charge is -2.29. The first-order chi connectivity index (χ1) is 15.1. The molecule has 1 aliphatic heterocycles. The van der Waals surface area contributed by atoms with E-state index in [1.807, 2.05) is 19.1 Å². The van der Waals surface area contributed by atoms with Crippen LogP contribution in [0.5, 0.6) is 5.75 Å². The van der Waals surface area contributed by atoms with Gasteiger partial charge in [-0.15, -0.1) is 0 Å². The summed E-state index contributed by atoms with van der Waals surface area (Å²) in [5.41, 5.74) is 1.58. The number of halogens is 1. The van der Waals surface area contributed by atoms with Gasteiger partial charge in [0.25, 0.3) is 5.91 Å². The molecule has 1 saturated heterocycles. The Labute approximate surface area is 202 Å². The topological polar surface area (TPSA) is 87.7 Å². The van der Waals surface area contributed by atoms with E-state index in [1.165, 1.54) is 4.31 Å². The molecule has 2 aromatic rings. The third kappa shape index (κ3) is 6.50. The lowest BCUT2D eigenvalue weighted by molar-refractivity contribution is -0.121. The fourth-order valence-corrected chi connectivity index (χ4v) is 5.21. The predicted octanol–water partition coefficient (Wildman–Crippen LogP) is 4.07. The molecule has 0 atom stereocenters. The van der Waals surface area contributed by atoms with Gasteiger partial charge in [0.2, 0.25) is 10.0 Å². The number of carbonyl (C=O) groups is 1. The molecular weight excluding hydrogens is 514 g/mol. The normalized spacial score (nSPS) is 15.2. The zero-order chi connectivity index (χ0) is 23.3. The summed E-state index contributed by atoms with van der Waals surface area (Å²) in [4.78, 5) is 12.3. The van der Waals surface area contributed by atoms with Crippen LogP contribution in [0.3, 0.4) is 0 Å². The molecule has 2 aromatic carbocycles. The van der Waals surface area contributed by atoms with Crippen molar-refractivity contribution in [2.24, 2.45) is 5.92 Å². The first-order valence-electron chi connectivity index (χ1n) is 10.2. The molecule has 0 aliphatic carbocycles. The van der Waals surface area contributed by atoms with Crippen molar-refractivity contribution in [3.05, 3.63) is 52.5 Å². The van der Waals surface area contributed by atoms with Crippen molar-refractivity contribution in [1.29, 1.82) is 0 Å². The number of sulfonamides is 1. The number of benzene rings is 2. The van der Waals surface area contributed by atoms with E-state index >= 15 is 0 Å². The lowest BCUT2D eigenvalue weighted by Crippen LogP contribution is -2.38. The summed E-state index contributed by atoms with van der Waals surface area (Å²) in [7, 11) is -3.51. The molecule has 0 radical (unpaired) electrons. The zero-order valence-corrected chi connectivity index (χ0v) is 21.1. The number of aryl methyl sites for hydroxylation is 1. The molecule has 1 aliphatic rings. The highest BCUT2D eigenvalue weighted by Gasteiger charge is 2.27. The molecule has 0 unspecified atom stereocenters. The molecule has 3 rings (SSSR count). The van der Waals surface area contributed by atoms with Gasteiger partial charge in [0, 0.05) is 23.2 Å². The minimum absolute atomic E-state index is 0.103. The monoisotopic (exact) mass is 539 g/mol. The van der Waals surface area contributed by atoms with Crippen LogP contribution in [-0.4, -0.2) is 43.4 Å². The summed E-state index contributed by atoms with van der Waals surface area (Å²) < 4.78 is 33.6. The van der Waals surface area contributed by atoms with Crippen molar-refractivity contribution in [2.75, 3.05) is 25.0 Å². The summed E-state index contributed by atoms with van der Waals surface area (Å²) in [6.07, 6.45) is 1.75. The van der Waals surface area contributed by atoms with E-state index in [2.05, 4.69) is 33.5 Å². The second-order valence-electron chi connectivity index (χ2n) is 7.81. The zero-order valence-electron chi connectivity index (χ0n) is 17.9. The van der Waals surface area contributed by atoms with Crippen LogP contribution in [0.1, 0.15) is 25.3 Å². The number of ether oxygens (including phenoxy) is 1. The lowest BCUT2D eigenvalue weighted by atomic mass is 10.0. The van der Waals surface area contributed by atoms with Gasteiger partial charge in [-0.2, -0.15) is 4.31 Å². The molecule has 10 heteroatoms. The SMILES string of the molecule is Cc1cc(OCC(=O)NC(=S)Nc2ccc(S(=O)(=O)N3CCC(C)CC3)cc2)ccc1Br. The highest BCUT2D eigenvalue weighted by atomic mass is 79.9. The number of anilines is 1. The first kappa shape index (κ1) is 24.6. The van der Waals surface area contributed by atoms with Gasteiger partial charge < -0.3 is 10.1 Å². The minimum Gasteiger partial charge on any atom is -0.484 e. The fraction of sp³-hybridized carbons (Fsp3) is 0.364. The van der Waals surface area contributed by atoms with E-state index in [1.54, 1.807) is 30.3 Å². The Balaban J connectivity index is 1.50. The number of rotatable bonds is 6. The van der Waals surface area contributed by atoms with Gasteiger partial charge in [0.05, 0.1) is 4.90 Å². The Morgan fingerprint density at radius 3 is 2.47 bits per heavy atom. The van der Waals surface area contributed by atoms with E-state index in [-0.39, 0.29) is 16.6 Å². The number of piperidine rings is 1. The summed E-state index contributed by atoms with van der Waals surface area (Å²) in [6.45, 7) is 4.97. The van der Waals surface area contributed by atoms with Crippen molar-refractivity contribution in [3.63, 3.8) is 0 Å². The molecule has 0 aromatic heterocycles.